The van der Waals surface area contributed by atoms with Gasteiger partial charge in [0.1, 0.15) is 5.54 Å². The summed E-state index contributed by atoms with van der Waals surface area (Å²) >= 11 is 0. The van der Waals surface area contributed by atoms with Crippen LogP contribution in [0.3, 0.4) is 0 Å². The number of nitrogens with one attached hydrogen (secondary N) is 1. The van der Waals surface area contributed by atoms with Gasteiger partial charge < -0.3 is 21.1 Å². The fourth-order valence-electron chi connectivity index (χ4n) is 5.10. The van der Waals surface area contributed by atoms with Gasteiger partial charge in [-0.05, 0) is 49.5 Å². The number of nitriles is 1. The molecule has 8 nitrogen and oxygen atoms in total. The van der Waals surface area contributed by atoms with Crippen LogP contribution in [-0.4, -0.2) is 76.6 Å². The zero-order valence-corrected chi connectivity index (χ0v) is 20.5. The van der Waals surface area contributed by atoms with Crippen molar-refractivity contribution >= 4 is 12.0 Å². The van der Waals surface area contributed by atoms with Crippen molar-refractivity contribution in [1.29, 1.82) is 5.26 Å². The van der Waals surface area contributed by atoms with Crippen molar-refractivity contribution in [3.05, 3.63) is 35.9 Å². The topological polar surface area (TPSA) is 123 Å². The minimum atomic E-state index is -3.07. The first kappa shape index (κ1) is 26.3. The normalized spacial score (nSPS) is 22.9. The van der Waals surface area contributed by atoms with Crippen molar-refractivity contribution in [2.24, 2.45) is 11.1 Å². The number of carbonyl (C=O) groups excluding carboxylic acids is 1. The van der Waals surface area contributed by atoms with Gasteiger partial charge in [0.25, 0.3) is 5.92 Å². The van der Waals surface area contributed by atoms with E-state index >= 15 is 0 Å². The number of hydrogen-bond acceptors (Lipinski definition) is 5. The Morgan fingerprint density at radius 3 is 2.28 bits per heavy atom. The van der Waals surface area contributed by atoms with E-state index in [-0.39, 0.29) is 0 Å². The molecule has 10 heteroatoms. The molecule has 1 spiro atoms. The van der Waals surface area contributed by atoms with E-state index in [1.54, 1.807) is 35.2 Å². The Kier molecular flexibility index (Phi) is 7.53. The van der Waals surface area contributed by atoms with Crippen LogP contribution in [0.4, 0.5) is 13.6 Å². The third-order valence-electron chi connectivity index (χ3n) is 7.72. The van der Waals surface area contributed by atoms with Gasteiger partial charge in [-0.2, -0.15) is 5.26 Å². The molecule has 36 heavy (non-hydrogen) atoms. The first-order valence-electron chi connectivity index (χ1n) is 12.7. The van der Waals surface area contributed by atoms with Gasteiger partial charge in [-0.3, -0.25) is 9.69 Å². The summed E-state index contributed by atoms with van der Waals surface area (Å²) in [5.74, 6) is -3.76. The van der Waals surface area contributed by atoms with Crippen LogP contribution in [0.2, 0.25) is 0 Å². The predicted octanol–water partition coefficient (Wildman–Crippen LogP) is 2.98. The number of amides is 2. The lowest BCUT2D eigenvalue weighted by Gasteiger charge is -2.54. The number of benzene rings is 1. The Bertz CT molecular complexity index is 975. The first-order valence-corrected chi connectivity index (χ1v) is 12.7. The highest BCUT2D eigenvalue weighted by Crippen LogP contribution is 2.45. The number of halogens is 2. The summed E-state index contributed by atoms with van der Waals surface area (Å²) in [6, 6.07) is 9.85. The number of rotatable bonds is 7. The molecule has 2 aliphatic carbocycles. The summed E-state index contributed by atoms with van der Waals surface area (Å²) in [4.78, 5) is 26.7. The fraction of sp³-hybridized carbons (Fsp3) is 0.654. The number of piperidine rings is 1. The van der Waals surface area contributed by atoms with Crippen LogP contribution in [-0.2, 0) is 11.2 Å². The molecule has 196 valence electrons. The van der Waals surface area contributed by atoms with Crippen molar-refractivity contribution in [2.45, 2.75) is 74.9 Å². The van der Waals surface area contributed by atoms with Gasteiger partial charge in [-0.15, -0.1) is 0 Å². The molecule has 0 bridgehead atoms. The molecule has 5 rings (SSSR count). The van der Waals surface area contributed by atoms with Crippen LogP contribution in [0, 0.1) is 16.7 Å². The highest BCUT2D eigenvalue weighted by atomic mass is 19.3. The summed E-state index contributed by atoms with van der Waals surface area (Å²) in [7, 11) is 0. The standard InChI is InChI=1S/C15H17F2N3O.C11H18N2O2/c16-15(17,8-11-4-2-1-3-5-11)9-12(19)13(21)20-14(10-18)6-7-14;14-10(15)12-5-3-11(4-6-12)7-13(8-11)9-1-2-9/h1-5,12H,6-9,19H2,(H,20,21);9H,1-8H2,(H,14,15)/t12-;/m0./s1. The molecular weight excluding hydrogens is 468 g/mol. The maximum absolute atomic E-state index is 13.9. The van der Waals surface area contributed by atoms with Crippen molar-refractivity contribution < 1.29 is 23.5 Å². The SMILES string of the molecule is N#CC1(NC(=O)[C@@H](N)CC(F)(F)Cc2ccccc2)CC1.O=C(O)N1CCC2(CC1)CN(C1CC1)C2. The van der Waals surface area contributed by atoms with Crippen LogP contribution in [0.25, 0.3) is 0 Å². The van der Waals surface area contributed by atoms with E-state index in [0.29, 0.717) is 23.8 Å². The Balaban J connectivity index is 0.000000178. The maximum Gasteiger partial charge on any atom is 0.407 e. The van der Waals surface area contributed by atoms with E-state index in [0.717, 1.165) is 32.0 Å². The van der Waals surface area contributed by atoms with Gasteiger partial charge in [0.15, 0.2) is 0 Å². The number of hydrogen-bond donors (Lipinski definition) is 3. The van der Waals surface area contributed by atoms with E-state index in [1.165, 1.54) is 25.9 Å². The first-order chi connectivity index (χ1) is 17.0. The van der Waals surface area contributed by atoms with Gasteiger partial charge in [0.05, 0.1) is 12.1 Å². The quantitative estimate of drug-likeness (QED) is 0.526. The Hall–Kier alpha value is -2.77. The molecule has 2 amide bonds. The monoisotopic (exact) mass is 503 g/mol. The third-order valence-corrected chi connectivity index (χ3v) is 7.72. The molecule has 1 aromatic rings. The highest BCUT2D eigenvalue weighted by Gasteiger charge is 2.49. The zero-order valence-electron chi connectivity index (χ0n) is 20.5. The summed E-state index contributed by atoms with van der Waals surface area (Å²) in [5.41, 5.74) is 5.63. The van der Waals surface area contributed by atoms with Gasteiger partial charge >= 0.3 is 6.09 Å². The molecular formula is C26H35F2N5O3. The number of likely N-dealkylation sites (tertiary alicyclic amines) is 2. The molecule has 2 saturated carbocycles. The maximum atomic E-state index is 13.9. The van der Waals surface area contributed by atoms with Gasteiger partial charge in [-0.25, -0.2) is 13.6 Å². The molecule has 2 heterocycles. The van der Waals surface area contributed by atoms with E-state index in [9.17, 15) is 18.4 Å². The number of carbonyl (C=O) groups is 2. The average molecular weight is 504 g/mol. The molecule has 0 radical (unpaired) electrons. The number of nitrogens with two attached hydrogens (primary N) is 1. The summed E-state index contributed by atoms with van der Waals surface area (Å²) < 4.78 is 27.9. The van der Waals surface area contributed by atoms with E-state index in [1.807, 2.05) is 6.07 Å². The molecule has 1 aromatic carbocycles. The highest BCUT2D eigenvalue weighted by molar-refractivity contribution is 5.83. The smallest absolute Gasteiger partial charge is 0.407 e. The summed E-state index contributed by atoms with van der Waals surface area (Å²) in [6.45, 7) is 3.94. The minimum absolute atomic E-state index is 0.460. The Labute approximate surface area is 210 Å². The zero-order chi connectivity index (χ0) is 26.0. The molecule has 0 unspecified atom stereocenters. The molecule has 2 saturated heterocycles. The lowest BCUT2D eigenvalue weighted by Crippen LogP contribution is -2.61. The Morgan fingerprint density at radius 2 is 1.78 bits per heavy atom. The second kappa shape index (κ2) is 10.3. The summed E-state index contributed by atoms with van der Waals surface area (Å²) in [5, 5.41) is 20.2. The second-order valence-corrected chi connectivity index (χ2v) is 10.9. The van der Waals surface area contributed by atoms with Crippen molar-refractivity contribution in [2.75, 3.05) is 26.2 Å². The molecule has 2 aliphatic heterocycles. The molecule has 4 aliphatic rings. The van der Waals surface area contributed by atoms with Crippen LogP contribution < -0.4 is 11.1 Å². The summed E-state index contributed by atoms with van der Waals surface area (Å²) in [6.07, 6.45) is 4.06. The Morgan fingerprint density at radius 1 is 1.17 bits per heavy atom. The molecule has 1 atom stereocenters. The van der Waals surface area contributed by atoms with Crippen molar-refractivity contribution in [1.82, 2.24) is 15.1 Å². The van der Waals surface area contributed by atoms with Gasteiger partial charge in [0, 0.05) is 45.1 Å². The van der Waals surface area contributed by atoms with E-state index < -0.39 is 42.3 Å². The largest absolute Gasteiger partial charge is 0.465 e. The van der Waals surface area contributed by atoms with Crippen LogP contribution in [0.1, 0.15) is 50.5 Å². The van der Waals surface area contributed by atoms with Crippen LogP contribution >= 0.6 is 0 Å². The van der Waals surface area contributed by atoms with E-state index in [2.05, 4.69) is 10.2 Å². The third kappa shape index (κ3) is 6.71. The number of carboxylic acid groups (broad SMARTS) is 1. The molecule has 4 fully saturated rings. The predicted molar refractivity (Wildman–Crippen MR) is 129 cm³/mol. The van der Waals surface area contributed by atoms with Crippen molar-refractivity contribution in [3.8, 4) is 6.07 Å². The van der Waals surface area contributed by atoms with E-state index in [4.69, 9.17) is 16.1 Å². The number of nitrogens with zero attached hydrogens (tertiary/aromatic N) is 3. The molecule has 4 N–H and O–H groups in total. The van der Waals surface area contributed by atoms with Crippen LogP contribution in [0.15, 0.2) is 30.3 Å². The van der Waals surface area contributed by atoms with Crippen molar-refractivity contribution in [3.63, 3.8) is 0 Å². The average Bonchev–Trinajstić information content (AvgIpc) is 3.74. The fourth-order valence-corrected chi connectivity index (χ4v) is 5.10. The molecule has 0 aromatic heterocycles. The lowest BCUT2D eigenvalue weighted by atomic mass is 9.72. The van der Waals surface area contributed by atoms with Crippen LogP contribution in [0.5, 0.6) is 0 Å². The second-order valence-electron chi connectivity index (χ2n) is 10.9. The lowest BCUT2D eigenvalue weighted by molar-refractivity contribution is -0.125. The number of alkyl halides is 2. The van der Waals surface area contributed by atoms with Gasteiger partial charge in [0.2, 0.25) is 5.91 Å². The van der Waals surface area contributed by atoms with Gasteiger partial charge in [-0.1, -0.05) is 30.3 Å². The minimum Gasteiger partial charge on any atom is -0.465 e.